The van der Waals surface area contributed by atoms with Crippen molar-refractivity contribution in [3.63, 3.8) is 0 Å². The van der Waals surface area contributed by atoms with Crippen molar-refractivity contribution in [2.24, 2.45) is 0 Å². The van der Waals surface area contributed by atoms with E-state index in [-0.39, 0.29) is 0 Å². The van der Waals surface area contributed by atoms with E-state index in [0.717, 1.165) is 6.92 Å². The maximum absolute atomic E-state index is 14.4. The Labute approximate surface area is 163 Å². The average molecular weight is 492 g/mol. The molecule has 1 atom stereocenters. The number of esters is 1. The zero-order chi connectivity index (χ0) is 25.3. The maximum Gasteiger partial charge on any atom is 0.453 e. The molecule has 0 amide bonds. The summed E-state index contributed by atoms with van der Waals surface area (Å²) in [5, 5.41) is 0. The molecular formula is C14H10F14O3. The first-order valence-electron chi connectivity index (χ1n) is 7.27. The summed E-state index contributed by atoms with van der Waals surface area (Å²) in [7, 11) is 0. The van der Waals surface area contributed by atoms with Gasteiger partial charge in [0.15, 0.2) is 0 Å². The summed E-state index contributed by atoms with van der Waals surface area (Å²) in [6.07, 6.45) is -31.2. The summed E-state index contributed by atoms with van der Waals surface area (Å²) >= 11 is 0. The highest BCUT2D eigenvalue weighted by molar-refractivity contribution is 5.86. The lowest BCUT2D eigenvalue weighted by atomic mass is 9.87. The van der Waals surface area contributed by atoms with E-state index >= 15 is 0 Å². The van der Waals surface area contributed by atoms with Crippen molar-refractivity contribution in [1.29, 1.82) is 0 Å². The molecule has 0 aromatic rings. The minimum absolute atomic E-state index is 0.420. The van der Waals surface area contributed by atoms with Gasteiger partial charge in [0.05, 0.1) is 12.2 Å². The zero-order valence-corrected chi connectivity index (χ0v) is 14.7. The van der Waals surface area contributed by atoms with Crippen LogP contribution in [0.4, 0.5) is 61.5 Å². The van der Waals surface area contributed by atoms with Gasteiger partial charge in [-0.25, -0.2) is 9.18 Å². The fourth-order valence-electron chi connectivity index (χ4n) is 1.80. The van der Waals surface area contributed by atoms with E-state index in [4.69, 9.17) is 0 Å². The summed E-state index contributed by atoms with van der Waals surface area (Å²) in [5.41, 5.74) is -12.4. The second-order valence-corrected chi connectivity index (χ2v) is 5.61. The Bertz CT molecular complexity index is 683. The second-order valence-electron chi connectivity index (χ2n) is 5.61. The predicted molar refractivity (Wildman–Crippen MR) is 71.7 cm³/mol. The topological polar surface area (TPSA) is 35.5 Å². The summed E-state index contributed by atoms with van der Waals surface area (Å²) in [4.78, 5) is 11.0. The second kappa shape index (κ2) is 8.82. The molecule has 17 heteroatoms. The smallest absolute Gasteiger partial charge is 0.453 e. The van der Waals surface area contributed by atoms with E-state index in [1.54, 1.807) is 0 Å². The fraction of sp³-hybridized carbons (Fsp3) is 0.643. The zero-order valence-electron chi connectivity index (χ0n) is 14.7. The molecule has 0 bridgehead atoms. The Morgan fingerprint density at radius 3 is 1.48 bits per heavy atom. The molecule has 1 unspecified atom stereocenters. The highest BCUT2D eigenvalue weighted by Gasteiger charge is 2.81. The minimum Gasteiger partial charge on any atom is -0.460 e. The van der Waals surface area contributed by atoms with E-state index < -0.39 is 72.6 Å². The van der Waals surface area contributed by atoms with Gasteiger partial charge in [-0.15, -0.1) is 0 Å². The van der Waals surface area contributed by atoms with Gasteiger partial charge in [0.2, 0.25) is 0 Å². The number of carbonyl (C=O) groups is 1. The highest BCUT2D eigenvalue weighted by atomic mass is 19.4. The molecule has 3 nitrogen and oxygen atoms in total. The number of hydrogen-bond acceptors (Lipinski definition) is 3. The number of alkyl halides is 14. The van der Waals surface area contributed by atoms with Crippen molar-refractivity contribution in [1.82, 2.24) is 0 Å². The lowest BCUT2D eigenvalue weighted by molar-refractivity contribution is -0.364. The summed E-state index contributed by atoms with van der Waals surface area (Å²) in [6.45, 7) is 0.425. The summed E-state index contributed by atoms with van der Waals surface area (Å²) in [5.74, 6) is -7.99. The van der Waals surface area contributed by atoms with Gasteiger partial charge in [0.1, 0.15) is 6.61 Å². The van der Waals surface area contributed by atoms with Gasteiger partial charge in [-0.3, -0.25) is 0 Å². The molecule has 0 saturated heterocycles. The van der Waals surface area contributed by atoms with Gasteiger partial charge < -0.3 is 9.47 Å². The summed E-state index contributed by atoms with van der Waals surface area (Å²) in [6, 6.07) is 0. The number of halogens is 14. The SMILES string of the molecule is C=C(C)C(=O)OCCOC(F)(/C(=C/C(F)(F)F)C(F)(C(F)(F)F)C(F)(F)F)C(F)(F)F. The number of hydrogen-bond donors (Lipinski definition) is 0. The van der Waals surface area contributed by atoms with Crippen LogP contribution in [0, 0.1) is 0 Å². The number of ether oxygens (including phenoxy) is 2. The largest absolute Gasteiger partial charge is 0.460 e. The molecule has 0 radical (unpaired) electrons. The van der Waals surface area contributed by atoms with Gasteiger partial charge in [0.25, 0.3) is 0 Å². The van der Waals surface area contributed by atoms with Gasteiger partial charge in [-0.2, -0.15) is 57.1 Å². The first-order valence-corrected chi connectivity index (χ1v) is 7.27. The molecule has 31 heavy (non-hydrogen) atoms. The highest BCUT2D eigenvalue weighted by Crippen LogP contribution is 2.58. The molecule has 0 aromatic carbocycles. The molecule has 0 aliphatic rings. The standard InChI is InChI=1S/C14H10F14O3/c1-6(2)8(29)30-3-4-31-11(19,14(26,27)28)7(5-9(15,16)17)10(18,12(20,21)22)13(23,24)25/h5H,1,3-4H2,2H3/b7-5+. The predicted octanol–water partition coefficient (Wildman–Crippen LogP) is 5.67. The molecule has 0 spiro atoms. The molecule has 0 fully saturated rings. The van der Waals surface area contributed by atoms with Gasteiger partial charge in [-0.05, 0) is 6.92 Å². The van der Waals surface area contributed by atoms with Crippen molar-refractivity contribution in [3.05, 3.63) is 23.8 Å². The molecule has 0 heterocycles. The van der Waals surface area contributed by atoms with Gasteiger partial charge >= 0.3 is 42.2 Å². The lowest BCUT2D eigenvalue weighted by Gasteiger charge is -2.39. The van der Waals surface area contributed by atoms with E-state index in [1.807, 2.05) is 0 Å². The van der Waals surface area contributed by atoms with Crippen LogP contribution in [-0.2, 0) is 14.3 Å². The van der Waals surface area contributed by atoms with Crippen LogP contribution in [0.25, 0.3) is 0 Å². The summed E-state index contributed by atoms with van der Waals surface area (Å²) < 4.78 is 189. The van der Waals surface area contributed by atoms with Crippen LogP contribution in [0.1, 0.15) is 6.92 Å². The Balaban J connectivity index is 6.67. The molecule has 0 aromatic heterocycles. The monoisotopic (exact) mass is 492 g/mol. The van der Waals surface area contributed by atoms with Crippen LogP contribution in [0.2, 0.25) is 0 Å². The molecule has 0 saturated carbocycles. The van der Waals surface area contributed by atoms with Crippen LogP contribution in [0.15, 0.2) is 23.8 Å². The third-order valence-electron chi connectivity index (χ3n) is 3.14. The normalized spacial score (nSPS) is 16.7. The van der Waals surface area contributed by atoms with E-state index in [0.29, 0.717) is 0 Å². The van der Waals surface area contributed by atoms with Crippen LogP contribution in [-0.4, -0.2) is 55.4 Å². The third kappa shape index (κ3) is 6.46. The number of rotatable bonds is 7. The van der Waals surface area contributed by atoms with Crippen LogP contribution in [0.5, 0.6) is 0 Å². The minimum atomic E-state index is -7.54. The van der Waals surface area contributed by atoms with Crippen molar-refractivity contribution in [3.8, 4) is 0 Å². The molecule has 182 valence electrons. The van der Waals surface area contributed by atoms with Crippen molar-refractivity contribution >= 4 is 5.97 Å². The molecule has 0 aliphatic heterocycles. The van der Waals surface area contributed by atoms with Crippen LogP contribution < -0.4 is 0 Å². The molecule has 0 aliphatic carbocycles. The molecule has 0 rings (SSSR count). The first-order chi connectivity index (χ1) is 13.4. The third-order valence-corrected chi connectivity index (χ3v) is 3.14. The first kappa shape index (κ1) is 28.9. The van der Waals surface area contributed by atoms with Crippen molar-refractivity contribution in [2.75, 3.05) is 13.2 Å². The van der Waals surface area contributed by atoms with Crippen LogP contribution in [0.3, 0.4) is 0 Å². The van der Waals surface area contributed by atoms with Gasteiger partial charge in [0, 0.05) is 11.6 Å². The molecular weight excluding hydrogens is 482 g/mol. The van der Waals surface area contributed by atoms with Crippen molar-refractivity contribution < 1.29 is 75.7 Å². The van der Waals surface area contributed by atoms with E-state index in [2.05, 4.69) is 16.1 Å². The quantitative estimate of drug-likeness (QED) is 0.151. The maximum atomic E-state index is 14.4. The Hall–Kier alpha value is -2.07. The Kier molecular flexibility index (Phi) is 8.23. The van der Waals surface area contributed by atoms with Crippen molar-refractivity contribution in [2.45, 2.75) is 43.2 Å². The van der Waals surface area contributed by atoms with Crippen LogP contribution >= 0.6 is 0 Å². The number of carbonyl (C=O) groups excluding carboxylic acids is 1. The Morgan fingerprint density at radius 2 is 1.19 bits per heavy atom. The average Bonchev–Trinajstić information content (AvgIpc) is 2.51. The van der Waals surface area contributed by atoms with E-state index in [1.165, 1.54) is 0 Å². The molecule has 0 N–H and O–H groups in total. The Morgan fingerprint density at radius 1 is 0.774 bits per heavy atom. The lowest BCUT2D eigenvalue weighted by Crippen LogP contribution is -2.62. The van der Waals surface area contributed by atoms with Gasteiger partial charge in [-0.1, -0.05) is 6.58 Å². The number of allylic oxidation sites excluding steroid dienone is 1. The fourth-order valence-corrected chi connectivity index (χ4v) is 1.80. The van der Waals surface area contributed by atoms with E-state index in [9.17, 15) is 66.3 Å².